The lowest BCUT2D eigenvalue weighted by molar-refractivity contribution is 0.135. The molecule has 0 aromatic rings. The minimum atomic E-state index is -1.83. The summed E-state index contributed by atoms with van der Waals surface area (Å²) in [6, 6.07) is 0. The molecule has 0 aromatic heterocycles. The van der Waals surface area contributed by atoms with Crippen LogP contribution in [0.5, 0.6) is 0 Å². The van der Waals surface area contributed by atoms with Gasteiger partial charge in [-0.1, -0.05) is 0 Å². The van der Waals surface area contributed by atoms with Gasteiger partial charge in [-0.2, -0.15) is 0 Å². The smallest absolute Gasteiger partial charge is 0.503 e. The van der Waals surface area contributed by atoms with Gasteiger partial charge in [-0.05, 0) is 0 Å². The van der Waals surface area contributed by atoms with Crippen LogP contribution in [0.15, 0.2) is 0 Å². The van der Waals surface area contributed by atoms with E-state index in [2.05, 4.69) is 0 Å². The predicted octanol–water partition coefficient (Wildman–Crippen LogP) is 0.764. The third kappa shape index (κ3) is 87.9. The summed E-state index contributed by atoms with van der Waals surface area (Å²) in [5, 5.41) is 48.1. The zero-order chi connectivity index (χ0) is 12.7. The fourth-order valence-corrected chi connectivity index (χ4v) is 0. The maximum atomic E-state index is 8.56. The standard InChI is InChI=1S/CN.3CH2O3/c1-2;3*2-1(3)4/h;3*(H2,2,3,4)/q-1;;;. The third-order valence-electron chi connectivity index (χ3n) is 0. The second kappa shape index (κ2) is 22.4. The molecule has 0 aliphatic rings. The highest BCUT2D eigenvalue weighted by atomic mass is 16.6. The lowest BCUT2D eigenvalue weighted by Gasteiger charge is -1.60. The van der Waals surface area contributed by atoms with E-state index in [-0.39, 0.29) is 0 Å². The van der Waals surface area contributed by atoms with Gasteiger partial charge in [0.05, 0.1) is 0 Å². The molecule has 0 saturated heterocycles. The average Bonchev–Trinajstić information content (AvgIpc) is 1.86. The zero-order valence-corrected chi connectivity index (χ0v) is 6.36. The van der Waals surface area contributed by atoms with E-state index in [4.69, 9.17) is 56.9 Å². The van der Waals surface area contributed by atoms with Crippen molar-refractivity contribution in [3.05, 3.63) is 6.57 Å². The first kappa shape index (κ1) is 22.5. The SMILES string of the molecule is O=C(O)O.O=C(O)O.O=C(O)O.[C-]#N. The fraction of sp³-hybridized carbons (Fsp3) is 0. The van der Waals surface area contributed by atoms with E-state index in [1.165, 1.54) is 0 Å². The van der Waals surface area contributed by atoms with Gasteiger partial charge >= 0.3 is 18.5 Å². The molecule has 0 bridgehead atoms. The van der Waals surface area contributed by atoms with Crippen LogP contribution >= 0.6 is 0 Å². The van der Waals surface area contributed by atoms with Gasteiger partial charge in [0.25, 0.3) is 0 Å². The first-order valence-electron chi connectivity index (χ1n) is 2.18. The Morgan fingerprint density at radius 3 is 0.643 bits per heavy atom. The lowest BCUT2D eigenvalue weighted by Crippen LogP contribution is -1.81. The Balaban J connectivity index is -0.0000000492. The lowest BCUT2D eigenvalue weighted by atomic mass is 11.5. The summed E-state index contributed by atoms with van der Waals surface area (Å²) in [6.07, 6.45) is -5.50. The van der Waals surface area contributed by atoms with Crippen LogP contribution in [0.3, 0.4) is 0 Å². The summed E-state index contributed by atoms with van der Waals surface area (Å²) in [7, 11) is 0. The Kier molecular flexibility index (Phi) is 36.1. The van der Waals surface area contributed by atoms with Crippen molar-refractivity contribution in [1.82, 2.24) is 0 Å². The molecule has 0 fully saturated rings. The van der Waals surface area contributed by atoms with Crippen LogP contribution in [0, 0.1) is 11.8 Å². The summed E-state index contributed by atoms with van der Waals surface area (Å²) in [4.78, 5) is 25.7. The normalized spacial score (nSPS) is 5.29. The van der Waals surface area contributed by atoms with Crippen LogP contribution in [0.2, 0.25) is 0 Å². The quantitative estimate of drug-likeness (QED) is 0.311. The van der Waals surface area contributed by atoms with Crippen molar-refractivity contribution in [2.24, 2.45) is 0 Å². The molecule has 82 valence electrons. The highest BCUT2D eigenvalue weighted by molar-refractivity contribution is 5.53. The van der Waals surface area contributed by atoms with Crippen molar-refractivity contribution in [2.75, 3.05) is 0 Å². The molecular formula is C4H6NO9-. The van der Waals surface area contributed by atoms with E-state index in [1.807, 2.05) is 0 Å². The molecule has 14 heavy (non-hydrogen) atoms. The second-order valence-electron chi connectivity index (χ2n) is 0.848. The maximum Gasteiger partial charge on any atom is 0.503 e. The molecule has 0 unspecified atom stereocenters. The van der Waals surface area contributed by atoms with Crippen LogP contribution in [-0.4, -0.2) is 49.1 Å². The summed E-state index contributed by atoms with van der Waals surface area (Å²) < 4.78 is 0. The van der Waals surface area contributed by atoms with Crippen molar-refractivity contribution in [1.29, 1.82) is 5.26 Å². The number of carbonyl (C=O) groups is 3. The minimum Gasteiger partial charge on any atom is -0.512 e. The van der Waals surface area contributed by atoms with Crippen LogP contribution in [-0.2, 0) is 0 Å². The molecule has 0 radical (unpaired) electrons. The van der Waals surface area contributed by atoms with Crippen molar-refractivity contribution >= 4 is 18.5 Å². The van der Waals surface area contributed by atoms with Crippen molar-refractivity contribution in [3.8, 4) is 0 Å². The van der Waals surface area contributed by atoms with E-state index < -0.39 is 18.5 Å². The molecule has 6 N–H and O–H groups in total. The van der Waals surface area contributed by atoms with Crippen LogP contribution < -0.4 is 0 Å². The second-order valence-corrected chi connectivity index (χ2v) is 0.848. The highest BCUT2D eigenvalue weighted by Gasteiger charge is 1.70. The number of rotatable bonds is 0. The number of carboxylic acid groups (broad SMARTS) is 6. The third-order valence-corrected chi connectivity index (χ3v) is 0. The van der Waals surface area contributed by atoms with Gasteiger partial charge in [0.15, 0.2) is 0 Å². The van der Waals surface area contributed by atoms with Gasteiger partial charge < -0.3 is 42.5 Å². The predicted molar refractivity (Wildman–Crippen MR) is 36.9 cm³/mol. The first-order chi connectivity index (χ1) is 6.20. The topological polar surface area (TPSA) is 196 Å². The molecular weight excluding hydrogens is 206 g/mol. The molecule has 0 rings (SSSR count). The van der Waals surface area contributed by atoms with Gasteiger partial charge in [0.1, 0.15) is 0 Å². The monoisotopic (exact) mass is 212 g/mol. The summed E-state index contributed by atoms with van der Waals surface area (Å²) in [5.41, 5.74) is 0. The Labute approximate surface area is 76.5 Å². The Morgan fingerprint density at radius 1 is 0.643 bits per heavy atom. The van der Waals surface area contributed by atoms with E-state index in [1.54, 1.807) is 0 Å². The van der Waals surface area contributed by atoms with Gasteiger partial charge in [0.2, 0.25) is 0 Å². The van der Waals surface area contributed by atoms with E-state index in [0.717, 1.165) is 0 Å². The van der Waals surface area contributed by atoms with E-state index in [0.29, 0.717) is 0 Å². The summed E-state index contributed by atoms with van der Waals surface area (Å²) in [6.45, 7) is 4.75. The van der Waals surface area contributed by atoms with Crippen molar-refractivity contribution in [2.45, 2.75) is 0 Å². The van der Waals surface area contributed by atoms with Gasteiger partial charge in [0, 0.05) is 0 Å². The molecule has 0 aliphatic carbocycles. The van der Waals surface area contributed by atoms with Crippen molar-refractivity contribution in [3.63, 3.8) is 0 Å². The van der Waals surface area contributed by atoms with Gasteiger partial charge in [-0.25, -0.2) is 14.4 Å². The first-order valence-corrected chi connectivity index (χ1v) is 2.18. The number of hydrogen-bond donors (Lipinski definition) is 6. The van der Waals surface area contributed by atoms with E-state index in [9.17, 15) is 0 Å². The average molecular weight is 212 g/mol. The fourth-order valence-electron chi connectivity index (χ4n) is 0. The molecule has 0 amide bonds. The highest BCUT2D eigenvalue weighted by Crippen LogP contribution is 1.43. The largest absolute Gasteiger partial charge is 0.512 e. The molecule has 0 heterocycles. The summed E-state index contributed by atoms with van der Waals surface area (Å²) >= 11 is 0. The Hall–Kier alpha value is -2.70. The molecule has 0 saturated carbocycles. The van der Waals surface area contributed by atoms with Crippen LogP contribution in [0.1, 0.15) is 0 Å². The van der Waals surface area contributed by atoms with Gasteiger partial charge in [-0.3, -0.25) is 0 Å². The number of hydrogen-bond acceptors (Lipinski definition) is 4. The van der Waals surface area contributed by atoms with Crippen molar-refractivity contribution < 1.29 is 45.0 Å². The Bertz CT molecular complexity index is 144. The van der Waals surface area contributed by atoms with Crippen LogP contribution in [0.25, 0.3) is 0 Å². The van der Waals surface area contributed by atoms with E-state index >= 15 is 0 Å². The molecule has 0 spiro atoms. The molecule has 0 aromatic carbocycles. The molecule has 0 aliphatic heterocycles. The van der Waals surface area contributed by atoms with Crippen LogP contribution in [0.4, 0.5) is 14.4 Å². The molecule has 10 nitrogen and oxygen atoms in total. The molecule has 0 atom stereocenters. The Morgan fingerprint density at radius 2 is 0.643 bits per heavy atom. The maximum absolute atomic E-state index is 8.56. The zero-order valence-electron chi connectivity index (χ0n) is 6.36. The summed E-state index contributed by atoms with van der Waals surface area (Å²) in [5.74, 6) is 0. The number of nitrogens with zero attached hydrogens (tertiary/aromatic N) is 1. The minimum absolute atomic E-state index is 1.83. The van der Waals surface area contributed by atoms with Gasteiger partial charge in [-0.15, -0.1) is 0 Å². The molecule has 10 heteroatoms.